The molecule has 1 unspecified atom stereocenters. The molecule has 1 atom stereocenters. The number of thiophene rings is 1. The van der Waals surface area contributed by atoms with Crippen molar-refractivity contribution in [2.45, 2.75) is 26.8 Å². The standard InChI is InChI=1S/C11H16N2OS2/c1-7(8-4-5-16-6-8)13-10(14)11(2,3)9(12)15/h4-7H,1-3H3,(H2,12,15)(H,13,14). The molecule has 0 spiro atoms. The van der Waals surface area contributed by atoms with Gasteiger partial charge < -0.3 is 11.1 Å². The highest BCUT2D eigenvalue weighted by Gasteiger charge is 2.31. The van der Waals surface area contributed by atoms with Crippen molar-refractivity contribution in [3.63, 3.8) is 0 Å². The van der Waals surface area contributed by atoms with E-state index in [0.717, 1.165) is 5.56 Å². The smallest absolute Gasteiger partial charge is 0.232 e. The van der Waals surface area contributed by atoms with Gasteiger partial charge in [-0.3, -0.25) is 4.79 Å². The van der Waals surface area contributed by atoms with Crippen LogP contribution in [0.4, 0.5) is 0 Å². The number of hydrogen-bond acceptors (Lipinski definition) is 3. The second-order valence-corrected chi connectivity index (χ2v) is 5.46. The van der Waals surface area contributed by atoms with Crippen LogP contribution in [0, 0.1) is 5.41 Å². The monoisotopic (exact) mass is 256 g/mol. The third kappa shape index (κ3) is 2.80. The van der Waals surface area contributed by atoms with Crippen molar-refractivity contribution in [2.24, 2.45) is 11.1 Å². The van der Waals surface area contributed by atoms with Gasteiger partial charge in [0.1, 0.15) is 0 Å². The van der Waals surface area contributed by atoms with E-state index in [1.165, 1.54) is 0 Å². The Morgan fingerprint density at radius 3 is 2.69 bits per heavy atom. The van der Waals surface area contributed by atoms with Crippen LogP contribution in [0.5, 0.6) is 0 Å². The van der Waals surface area contributed by atoms with Crippen molar-refractivity contribution in [1.29, 1.82) is 0 Å². The molecule has 3 N–H and O–H groups in total. The van der Waals surface area contributed by atoms with E-state index in [4.69, 9.17) is 18.0 Å². The highest BCUT2D eigenvalue weighted by atomic mass is 32.1. The van der Waals surface area contributed by atoms with E-state index in [1.54, 1.807) is 25.2 Å². The van der Waals surface area contributed by atoms with E-state index in [2.05, 4.69) is 5.32 Å². The van der Waals surface area contributed by atoms with E-state index in [-0.39, 0.29) is 16.9 Å². The maximum atomic E-state index is 11.9. The van der Waals surface area contributed by atoms with Gasteiger partial charge in [0.25, 0.3) is 0 Å². The number of amides is 1. The molecule has 1 aromatic heterocycles. The van der Waals surface area contributed by atoms with Gasteiger partial charge in [-0.1, -0.05) is 12.2 Å². The summed E-state index contributed by atoms with van der Waals surface area (Å²) in [7, 11) is 0. The summed E-state index contributed by atoms with van der Waals surface area (Å²) in [6.07, 6.45) is 0. The van der Waals surface area contributed by atoms with Gasteiger partial charge >= 0.3 is 0 Å². The quantitative estimate of drug-likeness (QED) is 0.812. The van der Waals surface area contributed by atoms with Crippen molar-refractivity contribution < 1.29 is 4.79 Å². The predicted octanol–water partition coefficient (Wildman–Crippen LogP) is 2.24. The molecular formula is C11H16N2OS2. The molecule has 0 aromatic carbocycles. The summed E-state index contributed by atoms with van der Waals surface area (Å²) in [6, 6.07) is 1.97. The topological polar surface area (TPSA) is 55.1 Å². The number of rotatable bonds is 4. The van der Waals surface area contributed by atoms with E-state index in [9.17, 15) is 4.79 Å². The van der Waals surface area contributed by atoms with Crippen LogP contribution in [0.15, 0.2) is 16.8 Å². The van der Waals surface area contributed by atoms with Gasteiger partial charge in [-0.25, -0.2) is 0 Å². The lowest BCUT2D eigenvalue weighted by Crippen LogP contribution is -2.45. The second kappa shape index (κ2) is 4.93. The summed E-state index contributed by atoms with van der Waals surface area (Å²) >= 11 is 6.49. The van der Waals surface area contributed by atoms with E-state index in [0.29, 0.717) is 0 Å². The molecule has 16 heavy (non-hydrogen) atoms. The molecule has 0 saturated heterocycles. The molecule has 0 aliphatic rings. The molecular weight excluding hydrogens is 240 g/mol. The maximum Gasteiger partial charge on any atom is 0.232 e. The number of nitrogens with two attached hydrogens (primary N) is 1. The summed E-state index contributed by atoms with van der Waals surface area (Å²) < 4.78 is 0. The molecule has 0 saturated carbocycles. The summed E-state index contributed by atoms with van der Waals surface area (Å²) in [5.41, 5.74) is 5.83. The van der Waals surface area contributed by atoms with Gasteiger partial charge in [-0.05, 0) is 43.2 Å². The largest absolute Gasteiger partial charge is 0.392 e. The molecule has 0 aliphatic carbocycles. The number of hydrogen-bond donors (Lipinski definition) is 2. The third-order valence-corrected chi connectivity index (χ3v) is 3.79. The molecule has 1 aromatic rings. The SMILES string of the molecule is CC(NC(=O)C(C)(C)C(N)=S)c1ccsc1. The van der Waals surface area contributed by atoms with Gasteiger partial charge in [0.05, 0.1) is 16.4 Å². The Kier molecular flexibility index (Phi) is 4.04. The molecule has 5 heteroatoms. The number of nitrogens with one attached hydrogen (secondary N) is 1. The first kappa shape index (κ1) is 13.1. The van der Waals surface area contributed by atoms with Gasteiger partial charge in [0, 0.05) is 0 Å². The lowest BCUT2D eigenvalue weighted by Gasteiger charge is -2.24. The number of thiocarbonyl (C=S) groups is 1. The highest BCUT2D eigenvalue weighted by Crippen LogP contribution is 2.20. The van der Waals surface area contributed by atoms with Gasteiger partial charge in [-0.15, -0.1) is 0 Å². The molecule has 0 fully saturated rings. The third-order valence-electron chi connectivity index (χ3n) is 2.57. The van der Waals surface area contributed by atoms with E-state index in [1.807, 2.05) is 23.8 Å². The first-order valence-electron chi connectivity index (χ1n) is 4.98. The lowest BCUT2D eigenvalue weighted by molar-refractivity contribution is -0.126. The van der Waals surface area contributed by atoms with Crippen molar-refractivity contribution in [3.8, 4) is 0 Å². The zero-order valence-corrected chi connectivity index (χ0v) is 11.2. The number of carbonyl (C=O) groups is 1. The zero-order chi connectivity index (χ0) is 12.3. The Hall–Kier alpha value is -0.940. The summed E-state index contributed by atoms with van der Waals surface area (Å²) in [6.45, 7) is 5.39. The lowest BCUT2D eigenvalue weighted by atomic mass is 9.92. The Bertz CT molecular complexity index is 385. The summed E-state index contributed by atoms with van der Waals surface area (Å²) in [4.78, 5) is 12.1. The zero-order valence-electron chi connectivity index (χ0n) is 9.61. The Morgan fingerprint density at radius 2 is 2.25 bits per heavy atom. The van der Waals surface area contributed by atoms with Crippen molar-refractivity contribution >= 4 is 34.5 Å². The van der Waals surface area contributed by atoms with Crippen LogP contribution in [0.2, 0.25) is 0 Å². The maximum absolute atomic E-state index is 11.9. The molecule has 0 bridgehead atoms. The van der Waals surface area contributed by atoms with Crippen LogP contribution in [0.25, 0.3) is 0 Å². The molecule has 1 heterocycles. The van der Waals surface area contributed by atoms with Crippen LogP contribution in [-0.4, -0.2) is 10.9 Å². The molecule has 1 amide bonds. The van der Waals surface area contributed by atoms with Crippen molar-refractivity contribution in [1.82, 2.24) is 5.32 Å². The summed E-state index contributed by atoms with van der Waals surface area (Å²) in [5.74, 6) is -0.140. The fourth-order valence-corrected chi connectivity index (χ4v) is 1.94. The minimum Gasteiger partial charge on any atom is -0.392 e. The van der Waals surface area contributed by atoms with Crippen molar-refractivity contribution in [3.05, 3.63) is 22.4 Å². The Morgan fingerprint density at radius 1 is 1.62 bits per heavy atom. The fourth-order valence-electron chi connectivity index (χ4n) is 1.09. The average Bonchev–Trinajstić information content (AvgIpc) is 2.69. The van der Waals surface area contributed by atoms with E-state index >= 15 is 0 Å². The Labute approximate surface area is 105 Å². The predicted molar refractivity (Wildman–Crippen MR) is 71.4 cm³/mol. The van der Waals surface area contributed by atoms with Crippen LogP contribution < -0.4 is 11.1 Å². The van der Waals surface area contributed by atoms with Gasteiger partial charge in [-0.2, -0.15) is 11.3 Å². The minimum absolute atomic E-state index is 0.0209. The molecule has 0 aliphatic heterocycles. The average molecular weight is 256 g/mol. The second-order valence-electron chi connectivity index (χ2n) is 4.24. The summed E-state index contributed by atoms with van der Waals surface area (Å²) in [5, 5.41) is 6.90. The number of carbonyl (C=O) groups excluding carboxylic acids is 1. The van der Waals surface area contributed by atoms with Crippen LogP contribution >= 0.6 is 23.6 Å². The minimum atomic E-state index is -0.806. The van der Waals surface area contributed by atoms with Gasteiger partial charge in [0.15, 0.2) is 0 Å². The Balaban J connectivity index is 2.69. The first-order chi connectivity index (χ1) is 7.35. The van der Waals surface area contributed by atoms with Crippen LogP contribution in [-0.2, 0) is 4.79 Å². The van der Waals surface area contributed by atoms with Crippen LogP contribution in [0.1, 0.15) is 32.4 Å². The van der Waals surface area contributed by atoms with Crippen molar-refractivity contribution in [2.75, 3.05) is 0 Å². The molecule has 88 valence electrons. The first-order valence-corrected chi connectivity index (χ1v) is 6.33. The normalized spacial score (nSPS) is 13.2. The molecule has 1 rings (SSSR count). The molecule has 0 radical (unpaired) electrons. The van der Waals surface area contributed by atoms with Gasteiger partial charge in [0.2, 0.25) is 5.91 Å². The van der Waals surface area contributed by atoms with E-state index < -0.39 is 5.41 Å². The van der Waals surface area contributed by atoms with Crippen LogP contribution in [0.3, 0.4) is 0 Å². The highest BCUT2D eigenvalue weighted by molar-refractivity contribution is 7.80. The molecule has 3 nitrogen and oxygen atoms in total. The fraction of sp³-hybridized carbons (Fsp3) is 0.455.